The zero-order chi connectivity index (χ0) is 17.1. The molecule has 2 N–H and O–H groups in total. The predicted molar refractivity (Wildman–Crippen MR) is 95.0 cm³/mol. The molecule has 1 saturated heterocycles. The number of nitrogens with two attached hydrogens (primary N) is 1. The van der Waals surface area contributed by atoms with Gasteiger partial charge in [-0.2, -0.15) is 0 Å². The van der Waals surface area contributed by atoms with Crippen LogP contribution in [-0.2, 0) is 5.75 Å². The van der Waals surface area contributed by atoms with Gasteiger partial charge in [-0.05, 0) is 44.9 Å². The molecular formula is C18H23N3O2S. The summed E-state index contributed by atoms with van der Waals surface area (Å²) in [6.45, 7) is 6.07. The average Bonchev–Trinajstić information content (AvgIpc) is 3.20. The van der Waals surface area contributed by atoms with Crippen LogP contribution in [0.25, 0.3) is 0 Å². The van der Waals surface area contributed by atoms with Crippen LogP contribution in [0.5, 0.6) is 0 Å². The highest BCUT2D eigenvalue weighted by molar-refractivity contribution is 7.98. The molecule has 1 atom stereocenters. The molecule has 24 heavy (non-hydrogen) atoms. The first-order chi connectivity index (χ1) is 11.6. The second-order valence-corrected chi connectivity index (χ2v) is 7.25. The highest BCUT2D eigenvalue weighted by Crippen LogP contribution is 2.30. The topological polar surface area (TPSA) is 72.4 Å². The molecule has 2 aromatic rings. The van der Waals surface area contributed by atoms with E-state index in [0.29, 0.717) is 12.5 Å². The zero-order valence-corrected chi connectivity index (χ0v) is 14.9. The monoisotopic (exact) mass is 345 g/mol. The Kier molecular flexibility index (Phi) is 5.26. The number of hydrogen-bond donors (Lipinski definition) is 1. The van der Waals surface area contributed by atoms with Gasteiger partial charge in [0.25, 0.3) is 5.91 Å². The molecule has 1 amide bonds. The van der Waals surface area contributed by atoms with E-state index in [1.165, 1.54) is 0 Å². The van der Waals surface area contributed by atoms with E-state index in [1.807, 2.05) is 43.0 Å². The molecule has 0 spiro atoms. The first kappa shape index (κ1) is 17.0. The van der Waals surface area contributed by atoms with Crippen LogP contribution in [0.4, 0.5) is 0 Å². The Morgan fingerprint density at radius 1 is 1.42 bits per heavy atom. The Morgan fingerprint density at radius 2 is 2.21 bits per heavy atom. The van der Waals surface area contributed by atoms with Gasteiger partial charge >= 0.3 is 0 Å². The van der Waals surface area contributed by atoms with Crippen molar-refractivity contribution in [1.82, 2.24) is 10.1 Å². The third kappa shape index (κ3) is 3.49. The van der Waals surface area contributed by atoms with E-state index in [4.69, 9.17) is 10.3 Å². The summed E-state index contributed by atoms with van der Waals surface area (Å²) < 4.78 is 5.22. The third-order valence-electron chi connectivity index (χ3n) is 4.58. The van der Waals surface area contributed by atoms with Gasteiger partial charge in [-0.3, -0.25) is 4.79 Å². The summed E-state index contributed by atoms with van der Waals surface area (Å²) in [6, 6.07) is 7.81. The maximum Gasteiger partial charge on any atom is 0.254 e. The van der Waals surface area contributed by atoms with E-state index in [2.05, 4.69) is 5.16 Å². The number of hydrogen-bond acceptors (Lipinski definition) is 5. The molecule has 1 unspecified atom stereocenters. The van der Waals surface area contributed by atoms with E-state index in [0.717, 1.165) is 52.7 Å². The number of amides is 1. The number of thioether (sulfide) groups is 1. The number of benzene rings is 1. The second-order valence-electron chi connectivity index (χ2n) is 6.23. The molecular weight excluding hydrogens is 322 g/mol. The highest BCUT2D eigenvalue weighted by Gasteiger charge is 2.27. The predicted octanol–water partition coefficient (Wildman–Crippen LogP) is 3.00. The van der Waals surface area contributed by atoms with Gasteiger partial charge in [0.05, 0.1) is 11.3 Å². The fourth-order valence-corrected chi connectivity index (χ4v) is 4.20. The van der Waals surface area contributed by atoms with E-state index < -0.39 is 0 Å². The van der Waals surface area contributed by atoms with E-state index >= 15 is 0 Å². The summed E-state index contributed by atoms with van der Waals surface area (Å²) in [6.07, 6.45) is 0.997. The largest absolute Gasteiger partial charge is 0.361 e. The molecule has 1 aromatic heterocycles. The molecule has 1 aliphatic rings. The molecule has 2 heterocycles. The number of carbonyl (C=O) groups excluding carboxylic acids is 1. The summed E-state index contributed by atoms with van der Waals surface area (Å²) >= 11 is 1.65. The van der Waals surface area contributed by atoms with Crippen molar-refractivity contribution < 1.29 is 9.32 Å². The number of likely N-dealkylation sites (tertiary alicyclic amines) is 1. The van der Waals surface area contributed by atoms with Gasteiger partial charge in [0.2, 0.25) is 0 Å². The quantitative estimate of drug-likeness (QED) is 0.844. The smallest absolute Gasteiger partial charge is 0.254 e. The Labute approximate surface area is 146 Å². The molecule has 1 aliphatic heterocycles. The van der Waals surface area contributed by atoms with Crippen molar-refractivity contribution in [2.24, 2.45) is 11.7 Å². The summed E-state index contributed by atoms with van der Waals surface area (Å²) in [5, 5.41) is 3.99. The van der Waals surface area contributed by atoms with Crippen molar-refractivity contribution in [3.63, 3.8) is 0 Å². The molecule has 3 rings (SSSR count). The fraction of sp³-hybridized carbons (Fsp3) is 0.444. The zero-order valence-electron chi connectivity index (χ0n) is 14.1. The Balaban J connectivity index is 1.74. The van der Waals surface area contributed by atoms with Gasteiger partial charge in [0.15, 0.2) is 0 Å². The van der Waals surface area contributed by atoms with Crippen molar-refractivity contribution >= 4 is 17.7 Å². The normalized spacial score (nSPS) is 17.5. The molecule has 0 saturated carbocycles. The standard InChI is InChI=1S/C18H23N3O2S/c1-12-16(13(2)23-20-12)11-24-17-6-4-3-5-15(17)18(22)21-8-7-14(9-19)10-21/h3-6,14H,7-11,19H2,1-2H3. The molecule has 0 radical (unpaired) electrons. The molecule has 1 fully saturated rings. The SMILES string of the molecule is Cc1noc(C)c1CSc1ccccc1C(=O)N1CCC(CN)C1. The lowest BCUT2D eigenvalue weighted by Gasteiger charge is -2.18. The molecule has 128 valence electrons. The van der Waals surface area contributed by atoms with Crippen LogP contribution in [0.1, 0.15) is 33.8 Å². The minimum atomic E-state index is 0.104. The molecule has 5 nitrogen and oxygen atoms in total. The number of aromatic nitrogens is 1. The van der Waals surface area contributed by atoms with Crippen LogP contribution in [0.2, 0.25) is 0 Å². The van der Waals surface area contributed by atoms with Crippen LogP contribution in [0.3, 0.4) is 0 Å². The maximum absolute atomic E-state index is 12.9. The molecule has 0 aliphatic carbocycles. The van der Waals surface area contributed by atoms with Crippen LogP contribution >= 0.6 is 11.8 Å². The first-order valence-electron chi connectivity index (χ1n) is 8.23. The average molecular weight is 345 g/mol. The number of rotatable bonds is 5. The van der Waals surface area contributed by atoms with Crippen molar-refractivity contribution in [2.45, 2.75) is 30.9 Å². The molecule has 6 heteroatoms. The number of nitrogens with zero attached hydrogens (tertiary/aromatic N) is 2. The Hall–Kier alpha value is -1.79. The van der Waals surface area contributed by atoms with Crippen molar-refractivity contribution in [1.29, 1.82) is 0 Å². The minimum Gasteiger partial charge on any atom is -0.361 e. The summed E-state index contributed by atoms with van der Waals surface area (Å²) in [4.78, 5) is 15.8. The second kappa shape index (κ2) is 7.40. The van der Waals surface area contributed by atoms with Gasteiger partial charge in [-0.1, -0.05) is 17.3 Å². The Bertz CT molecular complexity index is 709. The van der Waals surface area contributed by atoms with Gasteiger partial charge < -0.3 is 15.2 Å². The van der Waals surface area contributed by atoms with E-state index in [1.54, 1.807) is 11.8 Å². The van der Waals surface area contributed by atoms with Crippen molar-refractivity contribution in [3.05, 3.63) is 46.8 Å². The molecule has 0 bridgehead atoms. The Morgan fingerprint density at radius 3 is 2.88 bits per heavy atom. The van der Waals surface area contributed by atoms with Gasteiger partial charge in [0.1, 0.15) is 5.76 Å². The lowest BCUT2D eigenvalue weighted by molar-refractivity contribution is 0.0784. The van der Waals surface area contributed by atoms with Gasteiger partial charge in [-0.15, -0.1) is 11.8 Å². The summed E-state index contributed by atoms with van der Waals surface area (Å²) in [7, 11) is 0. The lowest BCUT2D eigenvalue weighted by atomic mass is 10.1. The van der Waals surface area contributed by atoms with Crippen LogP contribution in [-0.4, -0.2) is 35.6 Å². The fourth-order valence-electron chi connectivity index (χ4n) is 3.01. The van der Waals surface area contributed by atoms with Crippen LogP contribution in [0.15, 0.2) is 33.7 Å². The van der Waals surface area contributed by atoms with E-state index in [9.17, 15) is 4.79 Å². The molecule has 1 aromatic carbocycles. The van der Waals surface area contributed by atoms with E-state index in [-0.39, 0.29) is 5.91 Å². The van der Waals surface area contributed by atoms with Crippen molar-refractivity contribution in [2.75, 3.05) is 19.6 Å². The van der Waals surface area contributed by atoms with Crippen LogP contribution < -0.4 is 5.73 Å². The first-order valence-corrected chi connectivity index (χ1v) is 9.21. The summed E-state index contributed by atoms with van der Waals surface area (Å²) in [5.74, 6) is 2.12. The van der Waals surface area contributed by atoms with Gasteiger partial charge in [-0.25, -0.2) is 0 Å². The third-order valence-corrected chi connectivity index (χ3v) is 5.68. The number of carbonyl (C=O) groups is 1. The number of aryl methyl sites for hydroxylation is 2. The van der Waals surface area contributed by atoms with Crippen molar-refractivity contribution in [3.8, 4) is 0 Å². The maximum atomic E-state index is 12.9. The minimum absolute atomic E-state index is 0.104. The lowest BCUT2D eigenvalue weighted by Crippen LogP contribution is -2.30. The summed E-state index contributed by atoms with van der Waals surface area (Å²) in [5.41, 5.74) is 8.52. The highest BCUT2D eigenvalue weighted by atomic mass is 32.2. The van der Waals surface area contributed by atoms with Gasteiger partial charge in [0, 0.05) is 29.3 Å². The van der Waals surface area contributed by atoms with Crippen LogP contribution in [0, 0.1) is 19.8 Å².